The Morgan fingerprint density at radius 1 is 0.667 bits per heavy atom. The first kappa shape index (κ1) is 18.4. The molecule has 0 bridgehead atoms. The molecule has 0 amide bonds. The minimum absolute atomic E-state index is 0.458. The van der Waals surface area contributed by atoms with Gasteiger partial charge in [0.2, 0.25) is 0 Å². The van der Waals surface area contributed by atoms with Crippen molar-refractivity contribution in [1.29, 1.82) is 0 Å². The Balaban J connectivity index is 0.000000211. The summed E-state index contributed by atoms with van der Waals surface area (Å²) in [6, 6.07) is 13.6. The highest BCUT2D eigenvalue weighted by atomic mass is 35.5. The van der Waals surface area contributed by atoms with Gasteiger partial charge in [0.1, 0.15) is 0 Å². The van der Waals surface area contributed by atoms with Crippen LogP contribution in [-0.2, 0) is 0 Å². The first-order chi connectivity index (χ1) is 9.81. The molecular weight excluding hydrogens is 323 g/mol. The van der Waals surface area contributed by atoms with E-state index in [4.69, 9.17) is 34.8 Å². The fraction of sp³-hybridized carbons (Fsp3) is 0.333. The Bertz CT molecular complexity index is 557. The molecule has 0 aliphatic carbocycles. The lowest BCUT2D eigenvalue weighted by molar-refractivity contribution is 0.867. The molecule has 2 aromatic rings. The van der Waals surface area contributed by atoms with E-state index in [1.165, 1.54) is 5.56 Å². The zero-order chi connectivity index (χ0) is 16.0. The zero-order valence-corrected chi connectivity index (χ0v) is 15.1. The first-order valence-electron chi connectivity index (χ1n) is 7.01. The summed E-state index contributed by atoms with van der Waals surface area (Å²) < 4.78 is 0. The Morgan fingerprint density at radius 2 is 1.19 bits per heavy atom. The van der Waals surface area contributed by atoms with E-state index in [2.05, 4.69) is 39.8 Å². The normalized spacial score (nSPS) is 10.5. The van der Waals surface area contributed by atoms with Gasteiger partial charge in [-0.15, -0.1) is 0 Å². The largest absolute Gasteiger partial charge is 0.0843 e. The van der Waals surface area contributed by atoms with E-state index in [1.807, 2.05) is 24.3 Å². The molecule has 2 rings (SSSR count). The quantitative estimate of drug-likeness (QED) is 0.527. The van der Waals surface area contributed by atoms with E-state index in [1.54, 1.807) is 6.07 Å². The van der Waals surface area contributed by atoms with Crippen molar-refractivity contribution >= 4 is 34.8 Å². The Labute approximate surface area is 143 Å². The molecule has 2 aromatic carbocycles. The van der Waals surface area contributed by atoms with Crippen LogP contribution in [0.25, 0.3) is 0 Å². The van der Waals surface area contributed by atoms with Crippen molar-refractivity contribution in [2.75, 3.05) is 0 Å². The number of hydrogen-bond donors (Lipinski definition) is 0. The second-order valence-corrected chi connectivity index (χ2v) is 6.81. The zero-order valence-electron chi connectivity index (χ0n) is 12.8. The molecule has 0 aliphatic heterocycles. The first-order valence-corrected chi connectivity index (χ1v) is 8.15. The summed E-state index contributed by atoms with van der Waals surface area (Å²) in [6.07, 6.45) is 0. The van der Waals surface area contributed by atoms with Crippen molar-refractivity contribution in [3.05, 3.63) is 68.7 Å². The molecule has 0 N–H and O–H groups in total. The molecule has 21 heavy (non-hydrogen) atoms. The second kappa shape index (κ2) is 8.68. The number of rotatable bonds is 2. The third kappa shape index (κ3) is 6.30. The van der Waals surface area contributed by atoms with Crippen molar-refractivity contribution in [3.8, 4) is 0 Å². The number of halogens is 3. The lowest BCUT2D eigenvalue weighted by Crippen LogP contribution is -1.87. The van der Waals surface area contributed by atoms with Gasteiger partial charge in [-0.25, -0.2) is 0 Å². The van der Waals surface area contributed by atoms with Crippen molar-refractivity contribution in [2.45, 2.75) is 39.5 Å². The molecule has 0 saturated heterocycles. The molecule has 0 radical (unpaired) electrons. The van der Waals surface area contributed by atoms with E-state index < -0.39 is 0 Å². The maximum Gasteiger partial charge on any atom is 0.0455 e. The van der Waals surface area contributed by atoms with Gasteiger partial charge in [0.15, 0.2) is 0 Å². The van der Waals surface area contributed by atoms with Crippen molar-refractivity contribution in [1.82, 2.24) is 0 Å². The van der Waals surface area contributed by atoms with Crippen LogP contribution in [0.4, 0.5) is 0 Å². The highest BCUT2D eigenvalue weighted by molar-refractivity contribution is 6.35. The maximum atomic E-state index is 5.94. The standard InChI is InChI=1S/C9H10Cl2.C9H11Cl/c1-6(2)8-4-3-7(10)5-9(8)11;1-7(2)8-3-5-9(10)6-4-8/h3-6H,1-2H3;3-7H,1-2H3. The van der Waals surface area contributed by atoms with Crippen LogP contribution in [-0.4, -0.2) is 0 Å². The van der Waals surface area contributed by atoms with Gasteiger partial charge < -0.3 is 0 Å². The predicted octanol–water partition coefficient (Wildman–Crippen LogP) is 7.58. The summed E-state index contributed by atoms with van der Waals surface area (Å²) in [5, 5.41) is 2.26. The van der Waals surface area contributed by atoms with Crippen LogP contribution in [0, 0.1) is 0 Å². The molecule has 0 aliphatic rings. The Morgan fingerprint density at radius 3 is 1.62 bits per heavy atom. The van der Waals surface area contributed by atoms with Gasteiger partial charge in [0.05, 0.1) is 0 Å². The lowest BCUT2D eigenvalue weighted by atomic mass is 10.0. The monoisotopic (exact) mass is 342 g/mol. The van der Waals surface area contributed by atoms with Crippen LogP contribution < -0.4 is 0 Å². The van der Waals surface area contributed by atoms with Gasteiger partial charge in [0, 0.05) is 15.1 Å². The molecule has 0 fully saturated rings. The minimum atomic E-state index is 0.458. The van der Waals surface area contributed by atoms with Crippen molar-refractivity contribution in [3.63, 3.8) is 0 Å². The summed E-state index contributed by atoms with van der Waals surface area (Å²) in [7, 11) is 0. The summed E-state index contributed by atoms with van der Waals surface area (Å²) in [5.41, 5.74) is 2.49. The summed E-state index contributed by atoms with van der Waals surface area (Å²) in [5.74, 6) is 1.05. The van der Waals surface area contributed by atoms with Crippen LogP contribution in [0.5, 0.6) is 0 Å². The highest BCUT2D eigenvalue weighted by Gasteiger charge is 2.03. The molecule has 0 nitrogen and oxygen atoms in total. The number of benzene rings is 2. The van der Waals surface area contributed by atoms with Crippen LogP contribution in [0.15, 0.2) is 42.5 Å². The molecular formula is C18H21Cl3. The van der Waals surface area contributed by atoms with E-state index in [-0.39, 0.29) is 0 Å². The van der Waals surface area contributed by atoms with Gasteiger partial charge >= 0.3 is 0 Å². The average molecular weight is 344 g/mol. The van der Waals surface area contributed by atoms with Gasteiger partial charge in [-0.05, 0) is 47.2 Å². The van der Waals surface area contributed by atoms with E-state index in [0.29, 0.717) is 16.9 Å². The molecule has 0 unspecified atom stereocenters. The van der Waals surface area contributed by atoms with Crippen molar-refractivity contribution < 1.29 is 0 Å². The highest BCUT2D eigenvalue weighted by Crippen LogP contribution is 2.26. The van der Waals surface area contributed by atoms with Gasteiger partial charge in [-0.1, -0.05) is 80.7 Å². The lowest BCUT2D eigenvalue weighted by Gasteiger charge is -2.06. The fourth-order valence-electron chi connectivity index (χ4n) is 1.82. The molecule has 0 heterocycles. The smallest absolute Gasteiger partial charge is 0.0455 e. The van der Waals surface area contributed by atoms with Crippen LogP contribution in [0.1, 0.15) is 50.7 Å². The predicted molar refractivity (Wildman–Crippen MR) is 96.1 cm³/mol. The Hall–Kier alpha value is -0.690. The van der Waals surface area contributed by atoms with Crippen LogP contribution in [0.2, 0.25) is 15.1 Å². The molecule has 0 saturated carbocycles. The van der Waals surface area contributed by atoms with Gasteiger partial charge in [0.25, 0.3) is 0 Å². The fourth-order valence-corrected chi connectivity index (χ4v) is 2.57. The molecule has 0 aromatic heterocycles. The summed E-state index contributed by atoms with van der Waals surface area (Å²) >= 11 is 17.4. The summed E-state index contributed by atoms with van der Waals surface area (Å²) in [4.78, 5) is 0. The van der Waals surface area contributed by atoms with E-state index >= 15 is 0 Å². The second-order valence-electron chi connectivity index (χ2n) is 5.53. The minimum Gasteiger partial charge on any atom is -0.0843 e. The SMILES string of the molecule is CC(C)c1ccc(Cl)cc1.CC(C)c1ccc(Cl)cc1Cl. The molecule has 0 atom stereocenters. The average Bonchev–Trinajstić information content (AvgIpc) is 2.39. The van der Waals surface area contributed by atoms with E-state index in [0.717, 1.165) is 15.6 Å². The number of hydrogen-bond acceptors (Lipinski definition) is 0. The maximum absolute atomic E-state index is 5.94. The van der Waals surface area contributed by atoms with Gasteiger partial charge in [-0.2, -0.15) is 0 Å². The molecule has 114 valence electrons. The summed E-state index contributed by atoms with van der Waals surface area (Å²) in [6.45, 7) is 8.55. The van der Waals surface area contributed by atoms with Gasteiger partial charge in [-0.3, -0.25) is 0 Å². The topological polar surface area (TPSA) is 0 Å². The van der Waals surface area contributed by atoms with Crippen molar-refractivity contribution in [2.24, 2.45) is 0 Å². The van der Waals surface area contributed by atoms with E-state index in [9.17, 15) is 0 Å². The molecule has 3 heteroatoms. The van der Waals surface area contributed by atoms with Crippen LogP contribution in [0.3, 0.4) is 0 Å². The third-order valence-corrected chi connectivity index (χ3v) is 3.94. The third-order valence-electron chi connectivity index (χ3n) is 3.12. The Kier molecular flexibility index (Phi) is 7.59. The van der Waals surface area contributed by atoms with Crippen LogP contribution >= 0.6 is 34.8 Å². The molecule has 0 spiro atoms.